The van der Waals surface area contributed by atoms with E-state index in [1.165, 1.54) is 6.34 Å². The zero-order valence-corrected chi connectivity index (χ0v) is 19.0. The lowest BCUT2D eigenvalue weighted by molar-refractivity contribution is -0.156. The highest BCUT2D eigenvalue weighted by atomic mass is 16.6. The summed E-state index contributed by atoms with van der Waals surface area (Å²) in [6, 6.07) is 16.9. The van der Waals surface area contributed by atoms with Gasteiger partial charge in [0.15, 0.2) is 0 Å². The lowest BCUT2D eigenvalue weighted by Crippen LogP contribution is -2.38. The molecule has 0 fully saturated rings. The Morgan fingerprint density at radius 3 is 2.36 bits per heavy atom. The maximum Gasteiger partial charge on any atom is 0.408 e. The van der Waals surface area contributed by atoms with Crippen molar-refractivity contribution in [3.05, 3.63) is 65.7 Å². The number of hydrogen-bond donors (Lipinski definition) is 2. The van der Waals surface area contributed by atoms with Crippen LogP contribution in [0.4, 0.5) is 4.79 Å². The number of nitrogens with one attached hydrogen (secondary N) is 1. The van der Waals surface area contributed by atoms with Gasteiger partial charge in [-0.25, -0.2) is 14.6 Å². The molecule has 0 heterocycles. The molecule has 0 saturated heterocycles. The summed E-state index contributed by atoms with van der Waals surface area (Å²) < 4.78 is 16.2. The first kappa shape index (κ1) is 25.4. The third-order valence-electron chi connectivity index (χ3n) is 4.33. The zero-order chi connectivity index (χ0) is 24.1. The van der Waals surface area contributed by atoms with Gasteiger partial charge in [-0.2, -0.15) is 0 Å². The molecule has 3 N–H and O–H groups in total. The number of rotatable bonds is 11. The van der Waals surface area contributed by atoms with Crippen LogP contribution in [-0.2, 0) is 20.9 Å². The Hall–Kier alpha value is -3.88. The molecule has 2 aromatic carbocycles. The van der Waals surface area contributed by atoms with Gasteiger partial charge in [-0.3, -0.25) is 4.99 Å². The van der Waals surface area contributed by atoms with Gasteiger partial charge in [0.05, 0.1) is 25.0 Å². The number of nitrogens with two attached hydrogens (primary N) is 1. The number of ether oxygens (including phenoxy) is 3. The highest BCUT2D eigenvalue weighted by Crippen LogP contribution is 2.19. The van der Waals surface area contributed by atoms with Crippen LogP contribution in [0.2, 0.25) is 0 Å². The van der Waals surface area contributed by atoms with Gasteiger partial charge in [0.25, 0.3) is 0 Å². The molecule has 0 saturated carbocycles. The minimum absolute atomic E-state index is 0.141. The summed E-state index contributed by atoms with van der Waals surface area (Å²) in [5.74, 6) is 0.0217. The minimum atomic E-state index is -1.21. The predicted molar refractivity (Wildman–Crippen MR) is 126 cm³/mol. The van der Waals surface area contributed by atoms with Crippen molar-refractivity contribution < 1.29 is 23.8 Å². The van der Waals surface area contributed by atoms with Crippen LogP contribution in [0.15, 0.2) is 64.6 Å². The second-order valence-electron chi connectivity index (χ2n) is 7.37. The third-order valence-corrected chi connectivity index (χ3v) is 4.33. The number of esters is 1. The molecule has 2 aromatic rings. The molecule has 0 aromatic heterocycles. The number of nitrogens with zero attached hydrogens (tertiary/aromatic N) is 2. The Kier molecular flexibility index (Phi) is 10.4. The number of benzene rings is 2. The standard InChI is InChI=1S/C24H30N4O5/c1-17(2)32-23(29)22(13-26-16-27-15-25)33-24(30)28-18(3)20-9-11-21(12-10-20)31-14-19-7-5-4-6-8-19/h4-12,15-18,22H,13-14H2,1-3H3,(H,28,30)(H2,25,26,27)/t18-,22+/m0/s1. The molecule has 2 rings (SSSR count). The van der Waals surface area contributed by atoms with Crippen LogP contribution >= 0.6 is 0 Å². The Balaban J connectivity index is 1.91. The number of hydrogen-bond acceptors (Lipinski definition) is 6. The van der Waals surface area contributed by atoms with Crippen LogP contribution in [0, 0.1) is 0 Å². The van der Waals surface area contributed by atoms with Crippen molar-refractivity contribution >= 4 is 24.7 Å². The molecule has 0 aliphatic heterocycles. The van der Waals surface area contributed by atoms with E-state index in [-0.39, 0.29) is 18.7 Å². The van der Waals surface area contributed by atoms with E-state index in [2.05, 4.69) is 15.3 Å². The molecule has 0 radical (unpaired) electrons. The minimum Gasteiger partial charge on any atom is -0.489 e. The topological polar surface area (TPSA) is 125 Å². The summed E-state index contributed by atoms with van der Waals surface area (Å²) in [7, 11) is 0. The summed E-state index contributed by atoms with van der Waals surface area (Å²) in [5, 5.41) is 2.70. The summed E-state index contributed by atoms with van der Waals surface area (Å²) >= 11 is 0. The molecule has 176 valence electrons. The first-order chi connectivity index (χ1) is 15.9. The molecule has 2 atom stereocenters. The summed E-state index contributed by atoms with van der Waals surface area (Å²) in [4.78, 5) is 32.1. The highest BCUT2D eigenvalue weighted by Gasteiger charge is 2.26. The zero-order valence-electron chi connectivity index (χ0n) is 19.0. The van der Waals surface area contributed by atoms with Crippen LogP contribution in [0.5, 0.6) is 5.75 Å². The largest absolute Gasteiger partial charge is 0.489 e. The van der Waals surface area contributed by atoms with E-state index in [4.69, 9.17) is 19.9 Å². The normalized spacial score (nSPS) is 13.1. The van der Waals surface area contributed by atoms with E-state index in [9.17, 15) is 9.59 Å². The van der Waals surface area contributed by atoms with Gasteiger partial charge in [0.2, 0.25) is 6.10 Å². The van der Waals surface area contributed by atoms with E-state index in [0.29, 0.717) is 12.4 Å². The second-order valence-corrected chi connectivity index (χ2v) is 7.37. The van der Waals surface area contributed by atoms with Crippen molar-refractivity contribution in [2.45, 2.75) is 45.6 Å². The van der Waals surface area contributed by atoms with Crippen LogP contribution in [0.1, 0.15) is 37.9 Å². The van der Waals surface area contributed by atoms with Crippen molar-refractivity contribution in [1.29, 1.82) is 0 Å². The van der Waals surface area contributed by atoms with Crippen LogP contribution in [0.3, 0.4) is 0 Å². The molecule has 9 heteroatoms. The predicted octanol–water partition coefficient (Wildman–Crippen LogP) is 3.39. The molecular formula is C24H30N4O5. The van der Waals surface area contributed by atoms with Gasteiger partial charge in [0, 0.05) is 0 Å². The molecule has 9 nitrogen and oxygen atoms in total. The fourth-order valence-electron chi connectivity index (χ4n) is 2.71. The fourth-order valence-corrected chi connectivity index (χ4v) is 2.71. The number of aliphatic imine (C=N–C) groups is 2. The average Bonchev–Trinajstić information content (AvgIpc) is 2.80. The molecule has 0 aliphatic rings. The van der Waals surface area contributed by atoms with Crippen molar-refractivity contribution in [3.63, 3.8) is 0 Å². The van der Waals surface area contributed by atoms with E-state index in [1.807, 2.05) is 54.6 Å². The molecule has 1 amide bonds. The number of carbonyl (C=O) groups is 2. The maximum absolute atomic E-state index is 12.4. The molecule has 0 bridgehead atoms. The van der Waals surface area contributed by atoms with Gasteiger partial charge < -0.3 is 25.3 Å². The third kappa shape index (κ3) is 9.42. The molecule has 0 unspecified atom stereocenters. The lowest BCUT2D eigenvalue weighted by atomic mass is 10.1. The molecule has 33 heavy (non-hydrogen) atoms. The lowest BCUT2D eigenvalue weighted by Gasteiger charge is -2.19. The van der Waals surface area contributed by atoms with Crippen molar-refractivity contribution in [2.24, 2.45) is 15.7 Å². The Bertz CT molecular complexity index is 930. The SMILES string of the molecule is CC(C)OC(=O)[C@@H](CN=CN=CN)OC(=O)N[C@@H](C)c1ccc(OCc2ccccc2)cc1. The van der Waals surface area contributed by atoms with Gasteiger partial charge in [-0.05, 0) is 44.0 Å². The molecule has 0 spiro atoms. The van der Waals surface area contributed by atoms with E-state index in [0.717, 1.165) is 17.5 Å². The summed E-state index contributed by atoms with van der Waals surface area (Å²) in [5.41, 5.74) is 7.05. The smallest absolute Gasteiger partial charge is 0.408 e. The monoisotopic (exact) mass is 454 g/mol. The summed E-state index contributed by atoms with van der Waals surface area (Å²) in [6.07, 6.45) is -0.119. The van der Waals surface area contributed by atoms with Gasteiger partial charge in [0.1, 0.15) is 18.7 Å². The first-order valence-electron chi connectivity index (χ1n) is 10.5. The molecule has 0 aliphatic carbocycles. The first-order valence-corrected chi connectivity index (χ1v) is 10.5. The second kappa shape index (κ2) is 13.5. The maximum atomic E-state index is 12.4. The molecular weight excluding hydrogens is 424 g/mol. The quantitative estimate of drug-likeness (QED) is 0.305. The van der Waals surface area contributed by atoms with Crippen LogP contribution in [-0.4, -0.2) is 43.5 Å². The van der Waals surface area contributed by atoms with E-state index in [1.54, 1.807) is 20.8 Å². The van der Waals surface area contributed by atoms with Crippen LogP contribution < -0.4 is 15.8 Å². The highest BCUT2D eigenvalue weighted by molar-refractivity contribution is 5.79. The Morgan fingerprint density at radius 1 is 1.03 bits per heavy atom. The van der Waals surface area contributed by atoms with Gasteiger partial charge >= 0.3 is 12.1 Å². The summed E-state index contributed by atoms with van der Waals surface area (Å²) in [6.45, 7) is 5.53. The number of amides is 1. The van der Waals surface area contributed by atoms with E-state index >= 15 is 0 Å². The Labute approximate surface area is 193 Å². The number of alkyl carbamates (subject to hydrolysis) is 1. The van der Waals surface area contributed by atoms with Crippen molar-refractivity contribution in [2.75, 3.05) is 6.54 Å². The van der Waals surface area contributed by atoms with Gasteiger partial charge in [-0.15, -0.1) is 0 Å². The van der Waals surface area contributed by atoms with Crippen molar-refractivity contribution in [1.82, 2.24) is 5.32 Å². The van der Waals surface area contributed by atoms with E-state index < -0.39 is 18.2 Å². The van der Waals surface area contributed by atoms with Crippen LogP contribution in [0.25, 0.3) is 0 Å². The van der Waals surface area contributed by atoms with Crippen molar-refractivity contribution in [3.8, 4) is 5.75 Å². The van der Waals surface area contributed by atoms with Gasteiger partial charge in [-0.1, -0.05) is 42.5 Å². The fraction of sp³-hybridized carbons (Fsp3) is 0.333. The number of carbonyl (C=O) groups excluding carboxylic acids is 2. The average molecular weight is 455 g/mol. The Morgan fingerprint density at radius 2 is 1.73 bits per heavy atom.